The molecule has 14 unspecified atom stereocenters. The molecule has 3 aromatic carbocycles. The third-order valence-electron chi connectivity index (χ3n) is 20.3. The maximum Gasteiger partial charge on any atom is 0.305 e. The van der Waals surface area contributed by atoms with E-state index in [4.69, 9.17) is 5.73 Å². The minimum absolute atomic E-state index is 0.0410. The number of H-pyrrole nitrogens is 2. The Morgan fingerprint density at radius 1 is 0.484 bits per heavy atom. The number of carbonyl (C=O) groups is 18. The molecule has 43 heteroatoms. The Hall–Kier alpha value is -13.1. The van der Waals surface area contributed by atoms with E-state index in [1.807, 2.05) is 13.8 Å². The van der Waals surface area contributed by atoms with Crippen LogP contribution in [0.1, 0.15) is 129 Å². The number of hydrogen-bond donors (Lipinski definition) is 22. The number of benzene rings is 3. The van der Waals surface area contributed by atoms with Crippen molar-refractivity contribution in [2.45, 2.75) is 217 Å². The lowest BCUT2D eigenvalue weighted by atomic mass is 10.00. The van der Waals surface area contributed by atoms with Crippen LogP contribution in [0.3, 0.4) is 0 Å². The first-order chi connectivity index (χ1) is 59.7. The van der Waals surface area contributed by atoms with Crippen molar-refractivity contribution >= 4 is 129 Å². The van der Waals surface area contributed by atoms with Crippen LogP contribution in [0.25, 0.3) is 10.9 Å². The third-order valence-corrected chi connectivity index (χ3v) is 20.9. The first-order valence-electron chi connectivity index (χ1n) is 40.9. The minimum Gasteiger partial charge on any atom is -0.508 e. The van der Waals surface area contributed by atoms with Gasteiger partial charge < -0.3 is 120 Å². The van der Waals surface area contributed by atoms with E-state index in [0.717, 1.165) is 0 Å². The number of aliphatic hydroxyl groups excluding tert-OH is 2. The van der Waals surface area contributed by atoms with Crippen molar-refractivity contribution in [3.05, 3.63) is 120 Å². The molecule has 0 spiro atoms. The van der Waals surface area contributed by atoms with E-state index < -0.39 is 242 Å². The summed E-state index contributed by atoms with van der Waals surface area (Å²) in [5.74, 6) is -21.6. The molecule has 23 N–H and O–H groups in total. The first-order valence-corrected chi connectivity index (χ1v) is 42.3. The first kappa shape index (κ1) is 102. The van der Waals surface area contributed by atoms with Crippen molar-refractivity contribution in [2.24, 2.45) is 23.5 Å². The Labute approximate surface area is 729 Å². The van der Waals surface area contributed by atoms with Crippen LogP contribution in [0.4, 0.5) is 0 Å². The lowest BCUT2D eigenvalue weighted by molar-refractivity contribution is -0.144. The normalized spacial score (nSPS) is 15.6. The predicted molar refractivity (Wildman–Crippen MR) is 453 cm³/mol. The number of thioether (sulfide) groups is 1. The zero-order chi connectivity index (χ0) is 93.2. The van der Waals surface area contributed by atoms with Crippen LogP contribution in [-0.4, -0.2) is 273 Å². The lowest BCUT2D eigenvalue weighted by Gasteiger charge is -2.30. The van der Waals surface area contributed by atoms with Gasteiger partial charge in [-0.3, -0.25) is 86.3 Å². The molecule has 1 saturated heterocycles. The number of hydrogen-bond acceptors (Lipinski definition) is 23. The van der Waals surface area contributed by atoms with Gasteiger partial charge in [-0.1, -0.05) is 102 Å². The van der Waals surface area contributed by atoms with Gasteiger partial charge in [-0.2, -0.15) is 11.8 Å². The summed E-state index contributed by atoms with van der Waals surface area (Å²) in [6.07, 6.45) is 1.07. The number of aromatic hydroxyl groups is 1. The summed E-state index contributed by atoms with van der Waals surface area (Å²) in [6.45, 7) is 8.96. The van der Waals surface area contributed by atoms with Crippen LogP contribution in [0, 0.1) is 17.8 Å². The Bertz CT molecular complexity index is 4630. The molecule has 5 aromatic rings. The average Bonchev–Trinajstić information content (AvgIpc) is 1.67. The van der Waals surface area contributed by atoms with Gasteiger partial charge in [0.25, 0.3) is 0 Å². The average molecular weight is 1780 g/mol. The smallest absolute Gasteiger partial charge is 0.305 e. The predicted octanol–water partition coefficient (Wildman–Crippen LogP) is -3.03. The number of phenolic OH excluding ortho intramolecular Hbond substituents is 1. The molecule has 3 heterocycles. The number of amides is 15. The Kier molecular flexibility index (Phi) is 40.4. The summed E-state index contributed by atoms with van der Waals surface area (Å²) in [5.41, 5.74) is 7.90. The molecule has 14 atom stereocenters. The molecule has 6 rings (SSSR count). The van der Waals surface area contributed by atoms with E-state index in [9.17, 15) is 107 Å². The number of nitrogens with one attached hydrogen (secondary N) is 15. The number of phenols is 1. The van der Waals surface area contributed by atoms with Gasteiger partial charge in [0.15, 0.2) is 0 Å². The molecular weight excluding hydrogens is 1670 g/mol. The van der Waals surface area contributed by atoms with Gasteiger partial charge in [-0.05, 0) is 103 Å². The van der Waals surface area contributed by atoms with Gasteiger partial charge in [0.1, 0.15) is 90.3 Å². The Balaban J connectivity index is 1.23. The molecule has 686 valence electrons. The topological polar surface area (TPSA) is 659 Å². The van der Waals surface area contributed by atoms with Gasteiger partial charge in [0, 0.05) is 74.6 Å². The number of aromatic amines is 2. The van der Waals surface area contributed by atoms with E-state index in [-0.39, 0.29) is 75.3 Å². The van der Waals surface area contributed by atoms with Gasteiger partial charge in [-0.15, -0.1) is 0 Å². The summed E-state index contributed by atoms with van der Waals surface area (Å²) in [4.78, 5) is 260. The van der Waals surface area contributed by atoms with Crippen LogP contribution in [0.15, 0.2) is 97.6 Å². The molecule has 42 nitrogen and oxygen atoms in total. The summed E-state index contributed by atoms with van der Waals surface area (Å²) >= 11 is 1.35. The SMILES string of the molecule is CSCCC(NC(=O)C(NC(=O)C(Cc1cnc[nH]1)NC(=O)C(CO)NC(=O)C(Cc1c[nH]c2ccccc12)NC(=O)C(Cc1ccccc1)NC(=O)C(CCC(=O)O)NC(=O)C(CC(C)C)NC(=O)C(CC(=O)O)NC(=O)C(CC(=O)O)NC(=O)C(CO)NC(=O)C1CCCN1C(=O)C(CC(C)C)NC(C)=O)C(C)C)C(=O)NC(Cc1ccc(O)cc1)C(N)=O. The fourth-order valence-corrected chi connectivity index (χ4v) is 14.3. The minimum atomic E-state index is -2.19. The number of aromatic nitrogens is 3. The molecule has 0 aliphatic carbocycles. The highest BCUT2D eigenvalue weighted by molar-refractivity contribution is 7.98. The summed E-state index contributed by atoms with van der Waals surface area (Å²) in [7, 11) is 0. The molecule has 2 aromatic heterocycles. The second kappa shape index (κ2) is 50.0. The standard InChI is InChI=1S/C83H114N18O24S/c1-42(2)29-56(92-76(118)60(35-67(108)109)96-77(119)61(36-68(110)111)97-80(122)64(40-103)99-81(123)65-19-14-27-101(65)83(125)62(30-43(3)4)88-45(7)104)73(115)89-53(24-25-66(106)107)71(113)93-57(32-46-15-10-9-11-16-46)74(116)94-58(33-48-37-86-52-18-13-12-17-51(48)52)75(117)98-63(39-102)79(121)95-59(34-49-38-85-41-87-49)78(120)100-69(44(5)6)82(124)90-54(26-28-126-8)72(114)91-55(70(84)112)31-47-20-22-50(105)23-21-47/h9-13,15-18,20-23,37-38,41-44,53-65,69,86,102-103,105H,14,19,24-36,39-40H2,1-8H3,(H2,84,112)(H,85,87)(H,88,104)(H,89,115)(H,90,124)(H,91,114)(H,92,118)(H,93,113)(H,94,116)(H,95,121)(H,96,119)(H,97,122)(H,98,117)(H,99,123)(H,100,120)(H,106,107)(H,108,109)(H,110,111). The van der Waals surface area contributed by atoms with E-state index in [2.05, 4.69) is 84.1 Å². The third kappa shape index (κ3) is 32.6. The van der Waals surface area contributed by atoms with E-state index in [1.165, 1.54) is 66.6 Å². The summed E-state index contributed by atoms with van der Waals surface area (Å²) in [5, 5.41) is 93.4. The number of fused-ring (bicyclic) bond motifs is 1. The number of carboxylic acid groups (broad SMARTS) is 3. The molecular formula is C83H114N18O24S. The number of aliphatic hydroxyl groups is 2. The monoisotopic (exact) mass is 1780 g/mol. The van der Waals surface area contributed by atoms with Crippen molar-refractivity contribution in [1.82, 2.24) is 89.0 Å². The molecule has 1 aliphatic heterocycles. The largest absolute Gasteiger partial charge is 0.508 e. The maximum atomic E-state index is 15.2. The second-order valence-corrected chi connectivity index (χ2v) is 32.7. The van der Waals surface area contributed by atoms with E-state index in [0.29, 0.717) is 39.8 Å². The Morgan fingerprint density at radius 3 is 1.47 bits per heavy atom. The van der Waals surface area contributed by atoms with Gasteiger partial charge in [-0.25, -0.2) is 4.98 Å². The zero-order valence-corrected chi connectivity index (χ0v) is 71.8. The number of aliphatic carboxylic acids is 3. The lowest BCUT2D eigenvalue weighted by Crippen LogP contribution is -2.62. The number of carbonyl (C=O) groups excluding carboxylic acids is 15. The number of rotatable bonds is 52. The molecule has 0 bridgehead atoms. The fraction of sp³-hybridized carbons (Fsp3) is 0.506. The molecule has 126 heavy (non-hydrogen) atoms. The van der Waals surface area contributed by atoms with E-state index in [1.54, 1.807) is 88.5 Å². The van der Waals surface area contributed by atoms with Crippen molar-refractivity contribution in [3.8, 4) is 5.75 Å². The summed E-state index contributed by atoms with van der Waals surface area (Å²) in [6, 6.07) is -2.48. The van der Waals surface area contributed by atoms with Crippen molar-refractivity contribution in [1.29, 1.82) is 0 Å². The number of primary amides is 1. The number of likely N-dealkylation sites (tertiary alicyclic amines) is 1. The Morgan fingerprint density at radius 2 is 0.937 bits per heavy atom. The van der Waals surface area contributed by atoms with Gasteiger partial charge in [0.05, 0.1) is 32.4 Å². The highest BCUT2D eigenvalue weighted by Gasteiger charge is 2.42. The fourth-order valence-electron chi connectivity index (χ4n) is 13.8. The molecule has 15 amide bonds. The zero-order valence-electron chi connectivity index (χ0n) is 71.0. The highest BCUT2D eigenvalue weighted by Crippen LogP contribution is 2.24. The number of nitrogens with zero attached hydrogens (tertiary/aromatic N) is 2. The highest BCUT2D eigenvalue weighted by atomic mass is 32.2. The quantitative estimate of drug-likeness (QED) is 0.0184. The molecule has 1 fully saturated rings. The van der Waals surface area contributed by atoms with Crippen molar-refractivity contribution in [2.75, 3.05) is 31.8 Å². The van der Waals surface area contributed by atoms with Crippen molar-refractivity contribution < 1.29 is 117 Å². The number of carboxylic acids is 3. The van der Waals surface area contributed by atoms with Gasteiger partial charge in [0.2, 0.25) is 88.6 Å². The van der Waals surface area contributed by atoms with Crippen LogP contribution < -0.4 is 74.9 Å². The van der Waals surface area contributed by atoms with Crippen molar-refractivity contribution in [3.63, 3.8) is 0 Å². The van der Waals surface area contributed by atoms with Crippen LogP contribution >= 0.6 is 11.8 Å². The summed E-state index contributed by atoms with van der Waals surface area (Å²) < 4.78 is 0. The number of nitrogens with two attached hydrogens (primary N) is 1. The van der Waals surface area contributed by atoms with E-state index >= 15 is 9.59 Å². The molecule has 0 radical (unpaired) electrons. The maximum absolute atomic E-state index is 15.2. The van der Waals surface area contributed by atoms with Crippen LogP contribution in [0.2, 0.25) is 0 Å². The number of imidazole rings is 1. The van der Waals surface area contributed by atoms with Crippen LogP contribution in [-0.2, 0) is 112 Å². The van der Waals surface area contributed by atoms with Crippen LogP contribution in [0.5, 0.6) is 5.75 Å². The molecule has 1 aliphatic rings. The van der Waals surface area contributed by atoms with Gasteiger partial charge >= 0.3 is 17.9 Å². The second-order valence-electron chi connectivity index (χ2n) is 31.7. The number of para-hydroxylation sites is 1. The molecule has 0 saturated carbocycles.